The Labute approximate surface area is 331 Å². The fraction of sp³-hybridized carbons (Fsp3) is 0.816. The maximum absolute atomic E-state index is 12.4. The summed E-state index contributed by atoms with van der Waals surface area (Å²) >= 11 is 0. The molecule has 0 aromatic carbocycles. The first-order valence-electron chi connectivity index (χ1n) is 23.4. The highest BCUT2D eigenvalue weighted by atomic mass is 16.3. The zero-order valence-electron chi connectivity index (χ0n) is 35.5. The topological polar surface area (TPSA) is 69.6 Å². The van der Waals surface area contributed by atoms with Crippen molar-refractivity contribution >= 4 is 5.91 Å². The Morgan fingerprint density at radius 3 is 1.23 bits per heavy atom. The van der Waals surface area contributed by atoms with E-state index in [0.717, 1.165) is 44.9 Å². The molecule has 0 aromatic rings. The monoisotopic (exact) mass is 742 g/mol. The lowest BCUT2D eigenvalue weighted by atomic mass is 10.0. The second kappa shape index (κ2) is 44.7. The zero-order valence-corrected chi connectivity index (χ0v) is 35.5. The van der Waals surface area contributed by atoms with E-state index in [9.17, 15) is 15.0 Å². The summed E-state index contributed by atoms with van der Waals surface area (Å²) in [6, 6.07) is -0.644. The number of rotatable bonds is 42. The lowest BCUT2D eigenvalue weighted by Gasteiger charge is -2.19. The van der Waals surface area contributed by atoms with E-state index in [1.807, 2.05) is 6.08 Å². The number of aliphatic hydroxyl groups is 2. The van der Waals surface area contributed by atoms with Crippen LogP contribution in [0.15, 0.2) is 48.6 Å². The van der Waals surface area contributed by atoms with Crippen molar-refractivity contribution in [3.63, 3.8) is 0 Å². The van der Waals surface area contributed by atoms with Gasteiger partial charge in [-0.1, -0.05) is 217 Å². The number of aliphatic hydroxyl groups excluding tert-OH is 2. The predicted octanol–water partition coefficient (Wildman–Crippen LogP) is 14.7. The number of hydrogen-bond donors (Lipinski definition) is 3. The van der Waals surface area contributed by atoms with E-state index in [2.05, 4.69) is 55.6 Å². The molecule has 0 aromatic heterocycles. The van der Waals surface area contributed by atoms with Crippen LogP contribution in [-0.2, 0) is 4.79 Å². The molecular weight excluding hydrogens is 651 g/mol. The van der Waals surface area contributed by atoms with Crippen molar-refractivity contribution in [3.8, 4) is 0 Å². The molecule has 2 atom stereocenters. The van der Waals surface area contributed by atoms with Gasteiger partial charge in [0.05, 0.1) is 18.8 Å². The number of allylic oxidation sites excluding steroid dienone is 7. The fourth-order valence-electron chi connectivity index (χ4n) is 6.93. The quantitative estimate of drug-likeness (QED) is 0.0431. The number of carbonyl (C=O) groups is 1. The molecule has 3 N–H and O–H groups in total. The molecule has 0 aliphatic carbocycles. The van der Waals surface area contributed by atoms with E-state index >= 15 is 0 Å². The van der Waals surface area contributed by atoms with Crippen molar-refractivity contribution in [3.05, 3.63) is 48.6 Å². The molecule has 0 spiro atoms. The fourth-order valence-corrected chi connectivity index (χ4v) is 6.93. The summed E-state index contributed by atoms with van der Waals surface area (Å²) in [6.07, 6.45) is 60.9. The first-order valence-corrected chi connectivity index (χ1v) is 23.4. The first-order chi connectivity index (χ1) is 26.2. The SMILES string of the molecule is CCCCCC/C=C\C/C=C\CCCCCCCCCC(=O)NC(CO)C(O)/C=C/CC/C=C/CCCCCCCCCCCCCCCCCCC. The molecule has 2 unspecified atom stereocenters. The van der Waals surface area contributed by atoms with Crippen LogP contribution in [0.2, 0.25) is 0 Å². The Morgan fingerprint density at radius 2 is 0.792 bits per heavy atom. The number of hydrogen-bond acceptors (Lipinski definition) is 3. The minimum Gasteiger partial charge on any atom is -0.394 e. The number of nitrogens with one attached hydrogen (secondary N) is 1. The molecular formula is C49H91NO3. The van der Waals surface area contributed by atoms with E-state index in [0.29, 0.717) is 6.42 Å². The van der Waals surface area contributed by atoms with Gasteiger partial charge in [-0.15, -0.1) is 0 Å². The van der Waals surface area contributed by atoms with Gasteiger partial charge in [-0.3, -0.25) is 4.79 Å². The van der Waals surface area contributed by atoms with E-state index in [1.165, 1.54) is 173 Å². The summed E-state index contributed by atoms with van der Waals surface area (Å²) in [5.41, 5.74) is 0. The van der Waals surface area contributed by atoms with Gasteiger partial charge in [0, 0.05) is 6.42 Å². The molecule has 310 valence electrons. The molecule has 0 bridgehead atoms. The van der Waals surface area contributed by atoms with E-state index in [4.69, 9.17) is 0 Å². The van der Waals surface area contributed by atoms with Crippen LogP contribution in [0.5, 0.6) is 0 Å². The van der Waals surface area contributed by atoms with E-state index in [1.54, 1.807) is 6.08 Å². The number of carbonyl (C=O) groups excluding carboxylic acids is 1. The maximum atomic E-state index is 12.4. The molecule has 0 saturated carbocycles. The van der Waals surface area contributed by atoms with Crippen molar-refractivity contribution in [2.75, 3.05) is 6.61 Å². The molecule has 4 nitrogen and oxygen atoms in total. The van der Waals surface area contributed by atoms with Crippen molar-refractivity contribution in [1.29, 1.82) is 0 Å². The van der Waals surface area contributed by atoms with Gasteiger partial charge < -0.3 is 15.5 Å². The second-order valence-electron chi connectivity index (χ2n) is 15.8. The van der Waals surface area contributed by atoms with Gasteiger partial charge in [0.1, 0.15) is 0 Å². The van der Waals surface area contributed by atoms with E-state index in [-0.39, 0.29) is 12.5 Å². The Balaban J connectivity index is 3.60. The van der Waals surface area contributed by atoms with Gasteiger partial charge in [-0.25, -0.2) is 0 Å². The van der Waals surface area contributed by atoms with Crippen molar-refractivity contribution < 1.29 is 15.0 Å². The number of amides is 1. The smallest absolute Gasteiger partial charge is 0.220 e. The Kier molecular flexibility index (Phi) is 43.4. The third kappa shape index (κ3) is 41.4. The average Bonchev–Trinajstić information content (AvgIpc) is 3.16. The second-order valence-corrected chi connectivity index (χ2v) is 15.8. The van der Waals surface area contributed by atoms with Crippen LogP contribution in [-0.4, -0.2) is 34.9 Å². The van der Waals surface area contributed by atoms with Crippen LogP contribution >= 0.6 is 0 Å². The number of unbranched alkanes of at least 4 members (excludes halogenated alkanes) is 29. The summed E-state index contributed by atoms with van der Waals surface area (Å²) in [7, 11) is 0. The van der Waals surface area contributed by atoms with Gasteiger partial charge in [0.2, 0.25) is 5.91 Å². The van der Waals surface area contributed by atoms with Crippen molar-refractivity contribution in [2.45, 2.75) is 251 Å². The lowest BCUT2D eigenvalue weighted by Crippen LogP contribution is -2.45. The molecule has 0 rings (SSSR count). The lowest BCUT2D eigenvalue weighted by molar-refractivity contribution is -0.123. The predicted molar refractivity (Wildman–Crippen MR) is 235 cm³/mol. The maximum Gasteiger partial charge on any atom is 0.220 e. The average molecular weight is 742 g/mol. The molecule has 0 radical (unpaired) electrons. The van der Waals surface area contributed by atoms with Crippen molar-refractivity contribution in [2.24, 2.45) is 0 Å². The highest BCUT2D eigenvalue weighted by Gasteiger charge is 2.17. The summed E-state index contributed by atoms with van der Waals surface area (Å²) < 4.78 is 0. The van der Waals surface area contributed by atoms with Gasteiger partial charge in [-0.2, -0.15) is 0 Å². The molecule has 1 amide bonds. The van der Waals surface area contributed by atoms with Crippen LogP contribution < -0.4 is 5.32 Å². The molecule has 53 heavy (non-hydrogen) atoms. The first kappa shape index (κ1) is 51.4. The highest BCUT2D eigenvalue weighted by molar-refractivity contribution is 5.76. The largest absolute Gasteiger partial charge is 0.394 e. The van der Waals surface area contributed by atoms with Gasteiger partial charge in [0.25, 0.3) is 0 Å². The minimum atomic E-state index is -0.866. The van der Waals surface area contributed by atoms with Gasteiger partial charge in [-0.05, 0) is 64.2 Å². The van der Waals surface area contributed by atoms with Crippen LogP contribution in [0.4, 0.5) is 0 Å². The summed E-state index contributed by atoms with van der Waals surface area (Å²) in [5.74, 6) is -0.0816. The van der Waals surface area contributed by atoms with Crippen LogP contribution in [0.25, 0.3) is 0 Å². The standard InChI is InChI=1S/C49H91NO3/c1-3-5-7-9-11-13-15-17-19-21-23-24-25-26-27-28-30-32-34-36-38-40-42-44-48(52)47(46-51)50-49(53)45-43-41-39-37-35-33-31-29-22-20-18-16-14-12-10-8-6-4-2/h14,16,20,22,34,36,42,44,47-48,51-52H,3-13,15,17-19,21,23-33,35,37-41,43,45-46H2,1-2H3,(H,50,53)/b16-14-,22-20-,36-34+,44-42+. The van der Waals surface area contributed by atoms with Crippen molar-refractivity contribution in [1.82, 2.24) is 5.32 Å². The molecule has 0 heterocycles. The molecule has 0 aliphatic heterocycles. The minimum absolute atomic E-state index is 0.0816. The highest BCUT2D eigenvalue weighted by Crippen LogP contribution is 2.15. The Hall–Kier alpha value is -1.65. The van der Waals surface area contributed by atoms with Crippen LogP contribution in [0, 0.1) is 0 Å². The molecule has 4 heteroatoms. The third-order valence-electron chi connectivity index (χ3n) is 10.5. The third-order valence-corrected chi connectivity index (χ3v) is 10.5. The molecule has 0 saturated heterocycles. The van der Waals surface area contributed by atoms with Gasteiger partial charge >= 0.3 is 0 Å². The Morgan fingerprint density at radius 1 is 0.453 bits per heavy atom. The Bertz CT molecular complexity index is 847. The summed E-state index contributed by atoms with van der Waals surface area (Å²) in [4.78, 5) is 12.4. The van der Waals surface area contributed by atoms with Gasteiger partial charge in [0.15, 0.2) is 0 Å². The summed E-state index contributed by atoms with van der Waals surface area (Å²) in [5, 5.41) is 23.0. The normalized spacial score (nSPS) is 13.4. The van der Waals surface area contributed by atoms with Crippen LogP contribution in [0.1, 0.15) is 239 Å². The van der Waals surface area contributed by atoms with Crippen LogP contribution in [0.3, 0.4) is 0 Å². The molecule has 0 fully saturated rings. The zero-order chi connectivity index (χ0) is 38.6. The summed E-state index contributed by atoms with van der Waals surface area (Å²) in [6.45, 7) is 4.29. The van der Waals surface area contributed by atoms with E-state index < -0.39 is 12.1 Å². The molecule has 0 aliphatic rings.